The van der Waals surface area contributed by atoms with E-state index in [0.717, 1.165) is 17.4 Å². The van der Waals surface area contributed by atoms with Gasteiger partial charge in [-0.3, -0.25) is 0 Å². The fourth-order valence-electron chi connectivity index (χ4n) is 3.44. The van der Waals surface area contributed by atoms with Crippen LogP contribution in [0.25, 0.3) is 0 Å². The van der Waals surface area contributed by atoms with Crippen molar-refractivity contribution in [3.05, 3.63) is 46.8 Å². The molecule has 14 heteroatoms. The number of nitrogens with zero attached hydrogens (tertiary/aromatic N) is 2. The van der Waals surface area contributed by atoms with Gasteiger partial charge in [0.15, 0.2) is 0 Å². The van der Waals surface area contributed by atoms with Crippen molar-refractivity contribution >= 4 is 27.0 Å². The number of alkyl halides is 6. The minimum atomic E-state index is -6.04. The molecule has 0 bridgehead atoms. The summed E-state index contributed by atoms with van der Waals surface area (Å²) in [6.45, 7) is -0.633. The first-order chi connectivity index (χ1) is 14.7. The summed E-state index contributed by atoms with van der Waals surface area (Å²) in [5.74, 6) is 0. The van der Waals surface area contributed by atoms with Gasteiger partial charge in [-0.15, -0.1) is 11.3 Å². The van der Waals surface area contributed by atoms with Crippen LogP contribution in [0.4, 0.5) is 32.0 Å². The predicted molar refractivity (Wildman–Crippen MR) is 104 cm³/mol. The predicted octanol–water partition coefficient (Wildman–Crippen LogP) is 3.06. The monoisotopic (exact) mass is 504 g/mol. The average molecular weight is 504 g/mol. The maximum absolute atomic E-state index is 13.1. The molecule has 1 aliphatic heterocycles. The van der Waals surface area contributed by atoms with Crippen molar-refractivity contribution in [1.29, 1.82) is 0 Å². The largest absolute Gasteiger partial charge is 0.430 e. The number of thiophene rings is 1. The summed E-state index contributed by atoms with van der Waals surface area (Å²) in [6.07, 6.45) is -12.1. The second-order valence-corrected chi connectivity index (χ2v) is 10.1. The van der Waals surface area contributed by atoms with Gasteiger partial charge in [-0.05, 0) is 23.6 Å². The Labute approximate surface area is 183 Å². The summed E-state index contributed by atoms with van der Waals surface area (Å²) in [4.78, 5) is 1.55. The van der Waals surface area contributed by atoms with Crippen LogP contribution >= 0.6 is 11.3 Å². The molecule has 0 atom stereocenters. The van der Waals surface area contributed by atoms with Crippen molar-refractivity contribution in [1.82, 2.24) is 4.31 Å². The number of hydrogen-bond donors (Lipinski definition) is 2. The smallest absolute Gasteiger partial charge is 0.392 e. The van der Waals surface area contributed by atoms with Crippen LogP contribution in [0.5, 0.6) is 0 Å². The van der Waals surface area contributed by atoms with Crippen molar-refractivity contribution in [2.75, 3.05) is 31.1 Å². The molecule has 1 aliphatic rings. The molecule has 0 radical (unpaired) electrons. The van der Waals surface area contributed by atoms with E-state index in [1.165, 1.54) is 10.4 Å². The molecular formula is C18H18F6N2O4S2. The standard InChI is InChI=1S/C18H18F6N2O4S2/c19-17(20,21)16(28,18(22,23)24)13-3-4-14(12(10-13)11-27)25-5-7-26(8-6-25)32(29,30)15-2-1-9-31-15/h1-4,9-10,27-28H,5-8,11H2. The Morgan fingerprint density at radius 2 is 1.56 bits per heavy atom. The Hall–Kier alpha value is -1.87. The summed E-state index contributed by atoms with van der Waals surface area (Å²) in [6, 6.07) is 4.96. The lowest BCUT2D eigenvalue weighted by Crippen LogP contribution is -2.54. The maximum Gasteiger partial charge on any atom is 0.430 e. The van der Waals surface area contributed by atoms with Crippen molar-refractivity contribution < 1.29 is 45.0 Å². The lowest BCUT2D eigenvalue weighted by atomic mass is 9.90. The van der Waals surface area contributed by atoms with E-state index in [0.29, 0.717) is 12.1 Å². The van der Waals surface area contributed by atoms with E-state index in [1.807, 2.05) is 0 Å². The molecule has 1 aromatic carbocycles. The third-order valence-electron chi connectivity index (χ3n) is 5.16. The molecule has 0 amide bonds. The second kappa shape index (κ2) is 8.48. The van der Waals surface area contributed by atoms with Gasteiger partial charge in [-0.25, -0.2) is 8.42 Å². The molecule has 2 N–H and O–H groups in total. The number of anilines is 1. The highest BCUT2D eigenvalue weighted by Gasteiger charge is 2.71. The lowest BCUT2D eigenvalue weighted by Gasteiger charge is -2.37. The Balaban J connectivity index is 1.87. The number of halogens is 6. The summed E-state index contributed by atoms with van der Waals surface area (Å²) >= 11 is 1.05. The van der Waals surface area contributed by atoms with Gasteiger partial charge in [-0.1, -0.05) is 12.1 Å². The fourth-order valence-corrected chi connectivity index (χ4v) is 6.01. The van der Waals surface area contributed by atoms with Crippen LogP contribution < -0.4 is 4.90 Å². The molecule has 0 saturated carbocycles. The molecule has 6 nitrogen and oxygen atoms in total. The first kappa shape index (κ1) is 24.8. The molecule has 3 rings (SSSR count). The first-order valence-electron chi connectivity index (χ1n) is 9.12. The summed E-state index contributed by atoms with van der Waals surface area (Å²) in [5.41, 5.74) is -6.68. The average Bonchev–Trinajstić information content (AvgIpc) is 3.27. The topological polar surface area (TPSA) is 81.1 Å². The molecule has 2 aromatic rings. The molecular weight excluding hydrogens is 486 g/mol. The minimum absolute atomic E-state index is 0.0297. The number of rotatable bonds is 5. The maximum atomic E-state index is 13.1. The zero-order valence-electron chi connectivity index (χ0n) is 16.2. The van der Waals surface area contributed by atoms with Crippen LogP contribution in [0.2, 0.25) is 0 Å². The molecule has 178 valence electrons. The van der Waals surface area contributed by atoms with Gasteiger partial charge in [0.1, 0.15) is 4.21 Å². The Morgan fingerprint density at radius 1 is 0.969 bits per heavy atom. The van der Waals surface area contributed by atoms with Gasteiger partial charge in [-0.2, -0.15) is 30.6 Å². The van der Waals surface area contributed by atoms with Crippen molar-refractivity contribution in [2.45, 2.75) is 28.8 Å². The van der Waals surface area contributed by atoms with Crippen LogP contribution in [0.1, 0.15) is 11.1 Å². The Bertz CT molecular complexity index is 1030. The molecule has 1 fully saturated rings. The molecule has 2 heterocycles. The zero-order chi connectivity index (χ0) is 23.9. The zero-order valence-corrected chi connectivity index (χ0v) is 17.8. The number of aliphatic hydroxyl groups is 2. The number of piperazine rings is 1. The summed E-state index contributed by atoms with van der Waals surface area (Å²) in [5, 5.41) is 20.8. The van der Waals surface area contributed by atoms with Crippen molar-refractivity contribution in [3.8, 4) is 0 Å². The number of hydrogen-bond acceptors (Lipinski definition) is 6. The van der Waals surface area contributed by atoms with E-state index in [9.17, 15) is 45.0 Å². The van der Waals surface area contributed by atoms with Crippen LogP contribution in [-0.4, -0.2) is 61.5 Å². The number of aliphatic hydroxyl groups excluding tert-OH is 1. The SMILES string of the molecule is O=S(=O)(c1cccs1)N1CCN(c2ccc(C(O)(C(F)(F)F)C(F)(F)F)cc2CO)CC1. The highest BCUT2D eigenvalue weighted by molar-refractivity contribution is 7.91. The van der Waals surface area contributed by atoms with Gasteiger partial charge >= 0.3 is 12.4 Å². The van der Waals surface area contributed by atoms with Gasteiger partial charge in [0.2, 0.25) is 0 Å². The Morgan fingerprint density at radius 3 is 2.03 bits per heavy atom. The van der Waals surface area contributed by atoms with Crippen LogP contribution in [0.15, 0.2) is 39.9 Å². The summed E-state index contributed by atoms with van der Waals surface area (Å²) < 4.78 is 105. The highest BCUT2D eigenvalue weighted by Crippen LogP contribution is 2.50. The molecule has 32 heavy (non-hydrogen) atoms. The van der Waals surface area contributed by atoms with Gasteiger partial charge in [0.25, 0.3) is 15.6 Å². The highest BCUT2D eigenvalue weighted by atomic mass is 32.2. The third-order valence-corrected chi connectivity index (χ3v) is 8.43. The Kier molecular flexibility index (Phi) is 6.56. The number of sulfonamides is 1. The van der Waals surface area contributed by atoms with Gasteiger partial charge in [0.05, 0.1) is 6.61 Å². The van der Waals surface area contributed by atoms with E-state index in [4.69, 9.17) is 0 Å². The van der Waals surface area contributed by atoms with Gasteiger partial charge in [0, 0.05) is 43.0 Å². The minimum Gasteiger partial charge on any atom is -0.392 e. The molecule has 0 spiro atoms. The third kappa shape index (κ3) is 4.21. The van der Waals surface area contributed by atoms with Crippen LogP contribution in [0.3, 0.4) is 0 Å². The van der Waals surface area contributed by atoms with Crippen LogP contribution in [-0.2, 0) is 22.2 Å². The molecule has 0 unspecified atom stereocenters. The van der Waals surface area contributed by atoms with Crippen molar-refractivity contribution in [3.63, 3.8) is 0 Å². The fraction of sp³-hybridized carbons (Fsp3) is 0.444. The molecule has 0 aliphatic carbocycles. The molecule has 1 saturated heterocycles. The van der Waals surface area contributed by atoms with Crippen LogP contribution in [0, 0.1) is 0 Å². The van der Waals surface area contributed by atoms with E-state index in [2.05, 4.69) is 0 Å². The van der Waals surface area contributed by atoms with E-state index in [-0.39, 0.29) is 41.6 Å². The summed E-state index contributed by atoms with van der Waals surface area (Å²) in [7, 11) is -3.71. The quantitative estimate of drug-likeness (QED) is 0.612. The first-order valence-corrected chi connectivity index (χ1v) is 11.4. The second-order valence-electron chi connectivity index (χ2n) is 7.03. The van der Waals surface area contributed by atoms with E-state index < -0.39 is 40.1 Å². The normalized spacial score (nSPS) is 17.1. The number of benzene rings is 1. The van der Waals surface area contributed by atoms with Gasteiger partial charge < -0.3 is 15.1 Å². The lowest BCUT2D eigenvalue weighted by molar-refractivity contribution is -0.376. The van der Waals surface area contributed by atoms with E-state index >= 15 is 0 Å². The molecule has 1 aromatic heterocycles. The van der Waals surface area contributed by atoms with E-state index in [1.54, 1.807) is 16.3 Å². The van der Waals surface area contributed by atoms with Crippen molar-refractivity contribution in [2.24, 2.45) is 0 Å².